The second-order valence-corrected chi connectivity index (χ2v) is 5.83. The number of benzene rings is 1. The van der Waals surface area contributed by atoms with Gasteiger partial charge in [0.05, 0.1) is 5.75 Å². The predicted molar refractivity (Wildman–Crippen MR) is 58.9 cm³/mol. The van der Waals surface area contributed by atoms with Gasteiger partial charge in [-0.25, -0.2) is 12.8 Å². The fourth-order valence-corrected chi connectivity index (χ4v) is 1.65. The van der Waals surface area contributed by atoms with Gasteiger partial charge >= 0.3 is 0 Å². The molecule has 0 aliphatic carbocycles. The minimum absolute atomic E-state index is 0.204. The Bertz CT molecular complexity index is 454. The first kappa shape index (κ1) is 12.2. The molecule has 0 amide bonds. The molecule has 0 saturated carbocycles. The van der Waals surface area contributed by atoms with Gasteiger partial charge in [-0.3, -0.25) is 0 Å². The maximum Gasteiger partial charge on any atom is 0.236 e. The summed E-state index contributed by atoms with van der Waals surface area (Å²) in [6.07, 6.45) is 3.59. The van der Waals surface area contributed by atoms with Gasteiger partial charge in [0.2, 0.25) is 9.05 Å². The van der Waals surface area contributed by atoms with Crippen LogP contribution in [0.25, 0.3) is 0 Å². The highest BCUT2D eigenvalue weighted by atomic mass is 35.7. The maximum absolute atomic E-state index is 12.7. The summed E-state index contributed by atoms with van der Waals surface area (Å²) in [5, 5.41) is 0. The average Bonchev–Trinajstić information content (AvgIpc) is 2.11. The fourth-order valence-electron chi connectivity index (χ4n) is 1.07. The van der Waals surface area contributed by atoms with Crippen molar-refractivity contribution in [2.24, 2.45) is 0 Å². The van der Waals surface area contributed by atoms with Gasteiger partial charge in [-0.2, -0.15) is 0 Å². The van der Waals surface area contributed by atoms with Gasteiger partial charge < -0.3 is 0 Å². The predicted octanol–water partition coefficient (Wildman–Crippen LogP) is 2.49. The van der Waals surface area contributed by atoms with E-state index in [1.807, 2.05) is 0 Å². The van der Waals surface area contributed by atoms with Gasteiger partial charge in [0.25, 0.3) is 0 Å². The van der Waals surface area contributed by atoms with Crippen LogP contribution in [0.15, 0.2) is 36.4 Å². The van der Waals surface area contributed by atoms with Crippen molar-refractivity contribution in [3.63, 3.8) is 0 Å². The Balaban J connectivity index is 2.51. The number of halogens is 2. The van der Waals surface area contributed by atoms with E-state index in [-0.39, 0.29) is 11.6 Å². The van der Waals surface area contributed by atoms with Crippen LogP contribution in [0.4, 0.5) is 4.39 Å². The highest BCUT2D eigenvalue weighted by Crippen LogP contribution is 2.05. The molecule has 82 valence electrons. The highest BCUT2D eigenvalue weighted by Gasteiger charge is 1.99. The third-order valence-corrected chi connectivity index (χ3v) is 2.67. The van der Waals surface area contributed by atoms with Crippen molar-refractivity contribution in [2.45, 2.75) is 6.42 Å². The molecule has 0 aliphatic heterocycles. The average molecular weight is 249 g/mol. The fraction of sp³-hybridized carbons (Fsp3) is 0.200. The zero-order valence-electron chi connectivity index (χ0n) is 7.86. The summed E-state index contributed by atoms with van der Waals surface area (Å²) in [6, 6.07) is 6.13. The van der Waals surface area contributed by atoms with Gasteiger partial charge in [0.15, 0.2) is 0 Å². The highest BCUT2D eigenvalue weighted by molar-refractivity contribution is 8.13. The molecule has 5 heteroatoms. The Morgan fingerprint density at radius 1 is 1.33 bits per heavy atom. The third-order valence-electron chi connectivity index (χ3n) is 1.70. The lowest BCUT2D eigenvalue weighted by Gasteiger charge is -1.95. The number of hydrogen-bond acceptors (Lipinski definition) is 2. The number of allylic oxidation sites excluding steroid dienone is 1. The lowest BCUT2D eigenvalue weighted by atomic mass is 10.1. The first-order valence-electron chi connectivity index (χ1n) is 4.29. The van der Waals surface area contributed by atoms with E-state index >= 15 is 0 Å². The van der Waals surface area contributed by atoms with E-state index in [4.69, 9.17) is 10.7 Å². The summed E-state index contributed by atoms with van der Waals surface area (Å²) >= 11 is 0. The molecule has 1 aromatic carbocycles. The molecule has 2 nitrogen and oxygen atoms in total. The lowest BCUT2D eigenvalue weighted by molar-refractivity contribution is 0.612. The lowest BCUT2D eigenvalue weighted by Crippen LogP contribution is -1.92. The quantitative estimate of drug-likeness (QED) is 0.606. The summed E-state index contributed by atoms with van der Waals surface area (Å²) in [5.41, 5.74) is 0.790. The molecule has 0 heterocycles. The summed E-state index contributed by atoms with van der Waals surface area (Å²) in [5.74, 6) is -0.505. The van der Waals surface area contributed by atoms with Crippen molar-refractivity contribution < 1.29 is 12.8 Å². The second-order valence-electron chi connectivity index (χ2n) is 3.01. The van der Waals surface area contributed by atoms with E-state index in [1.54, 1.807) is 18.2 Å². The Morgan fingerprint density at radius 3 is 2.67 bits per heavy atom. The van der Waals surface area contributed by atoms with Crippen LogP contribution in [-0.2, 0) is 15.5 Å². The molecule has 0 N–H and O–H groups in total. The van der Waals surface area contributed by atoms with Crippen molar-refractivity contribution in [1.29, 1.82) is 0 Å². The number of rotatable bonds is 4. The number of hydrogen-bond donors (Lipinski definition) is 0. The maximum atomic E-state index is 12.7. The molecule has 0 aliphatic rings. The third kappa shape index (κ3) is 5.54. The molecule has 0 unspecified atom stereocenters. The molecule has 1 aromatic rings. The van der Waals surface area contributed by atoms with Gasteiger partial charge in [-0.15, -0.1) is 0 Å². The molecule has 0 saturated heterocycles. The zero-order chi connectivity index (χ0) is 11.3. The molecular formula is C10H10ClFO2S. The van der Waals surface area contributed by atoms with Gasteiger partial charge in [0, 0.05) is 10.7 Å². The summed E-state index contributed by atoms with van der Waals surface area (Å²) < 4.78 is 33.8. The van der Waals surface area contributed by atoms with Crippen molar-refractivity contribution >= 4 is 19.7 Å². The Labute approximate surface area is 92.8 Å². The molecular weight excluding hydrogens is 239 g/mol. The van der Waals surface area contributed by atoms with E-state index in [0.29, 0.717) is 6.42 Å². The minimum atomic E-state index is -3.48. The van der Waals surface area contributed by atoms with Crippen LogP contribution in [0, 0.1) is 5.82 Å². The first-order chi connectivity index (χ1) is 6.97. The van der Waals surface area contributed by atoms with Gasteiger partial charge in [-0.1, -0.05) is 24.3 Å². The second kappa shape index (κ2) is 5.28. The first-order valence-corrected chi connectivity index (χ1v) is 6.77. The van der Waals surface area contributed by atoms with E-state index in [1.165, 1.54) is 18.2 Å². The van der Waals surface area contributed by atoms with Gasteiger partial charge in [-0.05, 0) is 24.1 Å². The van der Waals surface area contributed by atoms with Crippen LogP contribution in [0.3, 0.4) is 0 Å². The smallest absolute Gasteiger partial charge is 0.212 e. The topological polar surface area (TPSA) is 34.1 Å². The Morgan fingerprint density at radius 2 is 2.07 bits per heavy atom. The van der Waals surface area contributed by atoms with Crippen LogP contribution < -0.4 is 0 Å². The van der Waals surface area contributed by atoms with E-state index in [0.717, 1.165) is 5.56 Å². The summed E-state index contributed by atoms with van der Waals surface area (Å²) in [7, 11) is 1.53. The molecule has 0 aromatic heterocycles. The van der Waals surface area contributed by atoms with Crippen LogP contribution >= 0.6 is 10.7 Å². The summed E-state index contributed by atoms with van der Waals surface area (Å²) in [6.45, 7) is 0. The van der Waals surface area contributed by atoms with Crippen LogP contribution in [0.5, 0.6) is 0 Å². The van der Waals surface area contributed by atoms with E-state index in [2.05, 4.69) is 0 Å². The molecule has 15 heavy (non-hydrogen) atoms. The van der Waals surface area contributed by atoms with E-state index in [9.17, 15) is 12.8 Å². The van der Waals surface area contributed by atoms with Gasteiger partial charge in [0.1, 0.15) is 5.82 Å². The molecule has 0 spiro atoms. The molecule has 0 radical (unpaired) electrons. The van der Waals surface area contributed by atoms with Crippen molar-refractivity contribution in [1.82, 2.24) is 0 Å². The largest absolute Gasteiger partial charge is 0.236 e. The van der Waals surface area contributed by atoms with Crippen LogP contribution in [0.1, 0.15) is 5.56 Å². The SMILES string of the molecule is O=S(=O)(Cl)C/C=C\Cc1cccc(F)c1. The monoisotopic (exact) mass is 248 g/mol. The van der Waals surface area contributed by atoms with Crippen LogP contribution in [-0.4, -0.2) is 14.2 Å². The molecule has 0 fully saturated rings. The standard InChI is InChI=1S/C10H10ClFO2S/c11-15(13,14)7-2-1-4-9-5-3-6-10(12)8-9/h1-3,5-6,8H,4,7H2/b2-1-. The minimum Gasteiger partial charge on any atom is -0.212 e. The van der Waals surface area contributed by atoms with Crippen molar-refractivity contribution in [3.05, 3.63) is 47.8 Å². The summed E-state index contributed by atoms with van der Waals surface area (Å²) in [4.78, 5) is 0. The molecule has 0 atom stereocenters. The van der Waals surface area contributed by atoms with Crippen LogP contribution in [0.2, 0.25) is 0 Å². The van der Waals surface area contributed by atoms with Crippen molar-refractivity contribution in [2.75, 3.05) is 5.75 Å². The van der Waals surface area contributed by atoms with Crippen molar-refractivity contribution in [3.8, 4) is 0 Å². The van der Waals surface area contributed by atoms with E-state index < -0.39 is 9.05 Å². The molecule has 0 bridgehead atoms. The Kier molecular flexibility index (Phi) is 4.29. The normalized spacial score (nSPS) is 12.1. The molecule has 1 rings (SSSR count). The zero-order valence-corrected chi connectivity index (χ0v) is 9.43. The Hall–Kier alpha value is -0.870.